The number of likely N-dealkylation sites (tertiary alicyclic amines) is 1. The first kappa shape index (κ1) is 12.9. The van der Waals surface area contributed by atoms with E-state index in [-0.39, 0.29) is 12.1 Å². The lowest BCUT2D eigenvalue weighted by Gasteiger charge is -2.44. The molecule has 0 amide bonds. The van der Waals surface area contributed by atoms with E-state index in [0.717, 1.165) is 32.6 Å². The highest BCUT2D eigenvalue weighted by Gasteiger charge is 2.58. The Kier molecular flexibility index (Phi) is 3.45. The van der Waals surface area contributed by atoms with Crippen molar-refractivity contribution >= 4 is 11.7 Å². The molecule has 0 bridgehead atoms. The van der Waals surface area contributed by atoms with Crippen molar-refractivity contribution in [3.63, 3.8) is 0 Å². The lowest BCUT2D eigenvalue weighted by molar-refractivity contribution is -0.135. The van der Waals surface area contributed by atoms with E-state index in [2.05, 4.69) is 15.4 Å². The molecule has 0 radical (unpaired) electrons. The quantitative estimate of drug-likeness (QED) is 0.737. The zero-order chi connectivity index (χ0) is 13.3. The number of hydrogen-bond acceptors (Lipinski definition) is 6. The number of fused-ring (bicyclic) bond motifs is 1. The second kappa shape index (κ2) is 5.09. The molecule has 2 atom stereocenters. The van der Waals surface area contributed by atoms with E-state index in [9.17, 15) is 4.79 Å². The van der Waals surface area contributed by atoms with Gasteiger partial charge in [0, 0.05) is 13.0 Å². The second-order valence-corrected chi connectivity index (χ2v) is 5.34. The van der Waals surface area contributed by atoms with Crippen LogP contribution in [0.1, 0.15) is 26.2 Å². The summed E-state index contributed by atoms with van der Waals surface area (Å²) in [6.07, 6.45) is 3.20. The number of nitrogens with one attached hydrogen (secondary N) is 1. The van der Waals surface area contributed by atoms with Crippen LogP contribution in [0.4, 0.5) is 0 Å². The largest absolute Gasteiger partial charge is 0.461 e. The number of rotatable bonds is 3. The van der Waals surface area contributed by atoms with Gasteiger partial charge in [-0.3, -0.25) is 4.90 Å². The lowest BCUT2D eigenvalue weighted by atomic mass is 9.81. The molecular formula is C13H21N3O3. The van der Waals surface area contributed by atoms with Gasteiger partial charge in [0.2, 0.25) is 0 Å². The van der Waals surface area contributed by atoms with Crippen molar-refractivity contribution in [1.29, 1.82) is 0 Å². The molecule has 19 heavy (non-hydrogen) atoms. The van der Waals surface area contributed by atoms with Crippen molar-refractivity contribution in [1.82, 2.24) is 10.2 Å². The first-order valence-corrected chi connectivity index (χ1v) is 7.16. The van der Waals surface area contributed by atoms with Crippen LogP contribution < -0.4 is 5.32 Å². The Morgan fingerprint density at radius 2 is 2.37 bits per heavy atom. The Hall–Kier alpha value is -1.14. The standard InChI is InChI=1S/C13H21N3O3/c1-2-18-12(17)11-13(16-7-3-4-8-16)9-14-6-5-10(13)19-15-11/h10,14H,2-9H2,1H3. The molecule has 0 saturated carbocycles. The predicted octanol–water partition coefficient (Wildman–Crippen LogP) is 0.132. The lowest BCUT2D eigenvalue weighted by Crippen LogP contribution is -2.68. The maximum atomic E-state index is 12.2. The normalized spacial score (nSPS) is 34.6. The average molecular weight is 267 g/mol. The summed E-state index contributed by atoms with van der Waals surface area (Å²) in [5, 5.41) is 7.47. The number of esters is 1. The number of hydrogen-bond donors (Lipinski definition) is 1. The molecule has 0 aromatic rings. The van der Waals surface area contributed by atoms with Crippen LogP contribution in [0.3, 0.4) is 0 Å². The molecule has 0 aromatic carbocycles. The fraction of sp³-hybridized carbons (Fsp3) is 0.846. The summed E-state index contributed by atoms with van der Waals surface area (Å²) < 4.78 is 5.16. The number of nitrogens with zero attached hydrogens (tertiary/aromatic N) is 2. The number of carbonyl (C=O) groups is 1. The van der Waals surface area contributed by atoms with Gasteiger partial charge in [0.25, 0.3) is 0 Å². The summed E-state index contributed by atoms with van der Waals surface area (Å²) in [7, 11) is 0. The first-order chi connectivity index (χ1) is 9.29. The van der Waals surface area contributed by atoms with Gasteiger partial charge >= 0.3 is 5.97 Å². The van der Waals surface area contributed by atoms with Crippen molar-refractivity contribution < 1.29 is 14.4 Å². The molecular weight excluding hydrogens is 246 g/mol. The van der Waals surface area contributed by atoms with Crippen LogP contribution in [0.15, 0.2) is 5.16 Å². The third kappa shape index (κ3) is 1.94. The minimum Gasteiger partial charge on any atom is -0.461 e. The molecule has 6 heteroatoms. The number of ether oxygens (including phenoxy) is 1. The summed E-state index contributed by atoms with van der Waals surface area (Å²) in [5.74, 6) is -0.333. The molecule has 3 rings (SSSR count). The molecule has 3 heterocycles. The summed E-state index contributed by atoms with van der Waals surface area (Å²) >= 11 is 0. The molecule has 2 saturated heterocycles. The minimum absolute atomic E-state index is 0.0220. The predicted molar refractivity (Wildman–Crippen MR) is 70.0 cm³/mol. The maximum Gasteiger partial charge on any atom is 0.358 e. The molecule has 106 valence electrons. The van der Waals surface area contributed by atoms with Crippen LogP contribution in [0.25, 0.3) is 0 Å². The highest BCUT2D eigenvalue weighted by Crippen LogP contribution is 2.36. The highest BCUT2D eigenvalue weighted by atomic mass is 16.7. The molecule has 0 aliphatic carbocycles. The van der Waals surface area contributed by atoms with Crippen LogP contribution in [0.5, 0.6) is 0 Å². The van der Waals surface area contributed by atoms with Gasteiger partial charge in [0.15, 0.2) is 11.8 Å². The molecule has 0 spiro atoms. The van der Waals surface area contributed by atoms with Crippen molar-refractivity contribution in [2.24, 2.45) is 5.16 Å². The van der Waals surface area contributed by atoms with Gasteiger partial charge in [0.1, 0.15) is 5.54 Å². The van der Waals surface area contributed by atoms with Crippen molar-refractivity contribution in [2.45, 2.75) is 37.8 Å². The molecule has 3 aliphatic rings. The van der Waals surface area contributed by atoms with Crippen molar-refractivity contribution in [2.75, 3.05) is 32.8 Å². The summed E-state index contributed by atoms with van der Waals surface area (Å²) in [4.78, 5) is 20.1. The Bertz CT molecular complexity index is 393. The monoisotopic (exact) mass is 267 g/mol. The van der Waals surface area contributed by atoms with Gasteiger partial charge in [-0.2, -0.15) is 0 Å². The fourth-order valence-corrected chi connectivity index (χ4v) is 3.43. The minimum atomic E-state index is -0.416. The first-order valence-electron chi connectivity index (χ1n) is 7.16. The van der Waals surface area contributed by atoms with E-state index in [1.807, 2.05) is 6.92 Å². The molecule has 2 unspecified atom stereocenters. The fourth-order valence-electron chi connectivity index (χ4n) is 3.43. The summed E-state index contributed by atoms with van der Waals surface area (Å²) in [6.45, 7) is 5.81. The third-order valence-electron chi connectivity index (χ3n) is 4.33. The van der Waals surface area contributed by atoms with Crippen LogP contribution >= 0.6 is 0 Å². The van der Waals surface area contributed by atoms with Gasteiger partial charge in [-0.25, -0.2) is 4.79 Å². The Morgan fingerprint density at radius 3 is 3.11 bits per heavy atom. The highest BCUT2D eigenvalue weighted by molar-refractivity contribution is 6.40. The van der Waals surface area contributed by atoms with Gasteiger partial charge < -0.3 is 14.9 Å². The van der Waals surface area contributed by atoms with Gasteiger partial charge in [0.05, 0.1) is 6.61 Å². The molecule has 2 fully saturated rings. The third-order valence-corrected chi connectivity index (χ3v) is 4.33. The van der Waals surface area contributed by atoms with Crippen molar-refractivity contribution in [3.8, 4) is 0 Å². The number of carbonyl (C=O) groups excluding carboxylic acids is 1. The zero-order valence-corrected chi connectivity index (χ0v) is 11.4. The molecule has 1 N–H and O–H groups in total. The van der Waals surface area contributed by atoms with Crippen LogP contribution in [0.2, 0.25) is 0 Å². The second-order valence-electron chi connectivity index (χ2n) is 5.34. The average Bonchev–Trinajstić information content (AvgIpc) is 3.07. The van der Waals surface area contributed by atoms with Gasteiger partial charge in [-0.05, 0) is 39.4 Å². The van der Waals surface area contributed by atoms with Crippen LogP contribution in [0, 0.1) is 0 Å². The van der Waals surface area contributed by atoms with E-state index in [0.29, 0.717) is 12.3 Å². The van der Waals surface area contributed by atoms with E-state index >= 15 is 0 Å². The Labute approximate surface area is 113 Å². The van der Waals surface area contributed by atoms with E-state index < -0.39 is 5.54 Å². The zero-order valence-electron chi connectivity index (χ0n) is 11.4. The number of oxime groups is 1. The Balaban J connectivity index is 1.91. The summed E-state index contributed by atoms with van der Waals surface area (Å²) in [5.41, 5.74) is 0.0366. The topological polar surface area (TPSA) is 63.2 Å². The van der Waals surface area contributed by atoms with E-state index in [1.54, 1.807) is 0 Å². The van der Waals surface area contributed by atoms with Crippen LogP contribution in [-0.4, -0.2) is 61.0 Å². The van der Waals surface area contributed by atoms with E-state index in [1.165, 1.54) is 12.8 Å². The van der Waals surface area contributed by atoms with Gasteiger partial charge in [-0.1, -0.05) is 5.16 Å². The number of piperidine rings is 1. The summed E-state index contributed by atoms with van der Waals surface area (Å²) in [6, 6.07) is 0. The smallest absolute Gasteiger partial charge is 0.358 e. The van der Waals surface area contributed by atoms with Crippen LogP contribution in [-0.2, 0) is 14.4 Å². The van der Waals surface area contributed by atoms with E-state index in [4.69, 9.17) is 9.57 Å². The molecule has 6 nitrogen and oxygen atoms in total. The molecule has 0 aromatic heterocycles. The Morgan fingerprint density at radius 1 is 1.58 bits per heavy atom. The van der Waals surface area contributed by atoms with Gasteiger partial charge in [-0.15, -0.1) is 0 Å². The van der Waals surface area contributed by atoms with Crippen molar-refractivity contribution in [3.05, 3.63) is 0 Å². The maximum absolute atomic E-state index is 12.2. The SMILES string of the molecule is CCOC(=O)C1=NOC2CCNCC12N1CCCC1. The molecule has 3 aliphatic heterocycles.